The van der Waals surface area contributed by atoms with E-state index in [1.807, 2.05) is 42.5 Å². The normalized spacial score (nSPS) is 11.2. The van der Waals surface area contributed by atoms with Gasteiger partial charge in [-0.25, -0.2) is 0 Å². The van der Waals surface area contributed by atoms with Crippen molar-refractivity contribution in [1.82, 2.24) is 4.90 Å². The summed E-state index contributed by atoms with van der Waals surface area (Å²) < 4.78 is 0. The summed E-state index contributed by atoms with van der Waals surface area (Å²) in [6.07, 6.45) is 4.10. The maximum Gasteiger partial charge on any atom is 0.317 e. The van der Waals surface area contributed by atoms with Gasteiger partial charge in [-0.05, 0) is 37.2 Å². The number of carboxylic acids is 1. The summed E-state index contributed by atoms with van der Waals surface area (Å²) in [5.74, 6) is 5.54. The van der Waals surface area contributed by atoms with E-state index in [9.17, 15) is 4.79 Å². The molecule has 140 valence electrons. The number of likely N-dealkylation sites (N-methyl/N-ethyl adjacent to an activating group) is 1. The number of hydrogen-bond acceptors (Lipinski definition) is 2. The average molecular weight is 382 g/mol. The number of hydrogen-bond donors (Lipinski definition) is 1. The Hall–Kier alpha value is -2.54. The van der Waals surface area contributed by atoms with E-state index in [1.165, 1.54) is 5.56 Å². The summed E-state index contributed by atoms with van der Waals surface area (Å²) in [5.41, 5.74) is 3.88. The van der Waals surface area contributed by atoms with Crippen molar-refractivity contribution in [3.8, 4) is 11.8 Å². The molecule has 2 aromatic carbocycles. The molecule has 0 bridgehead atoms. The van der Waals surface area contributed by atoms with Crippen molar-refractivity contribution < 1.29 is 9.90 Å². The van der Waals surface area contributed by atoms with Crippen LogP contribution in [0.3, 0.4) is 0 Å². The Morgan fingerprint density at radius 3 is 2.52 bits per heavy atom. The van der Waals surface area contributed by atoms with Crippen LogP contribution >= 0.6 is 11.6 Å². The fraction of sp³-hybridized carbons (Fsp3) is 0.261. The van der Waals surface area contributed by atoms with E-state index in [0.717, 1.165) is 29.5 Å². The fourth-order valence-electron chi connectivity index (χ4n) is 2.63. The number of rotatable bonds is 7. The zero-order valence-corrected chi connectivity index (χ0v) is 16.5. The molecule has 0 atom stereocenters. The predicted octanol–water partition coefficient (Wildman–Crippen LogP) is 4.74. The van der Waals surface area contributed by atoms with Gasteiger partial charge in [0.2, 0.25) is 0 Å². The summed E-state index contributed by atoms with van der Waals surface area (Å²) in [4.78, 5) is 12.6. The van der Waals surface area contributed by atoms with Gasteiger partial charge in [0.15, 0.2) is 0 Å². The molecule has 3 nitrogen and oxygen atoms in total. The monoisotopic (exact) mass is 381 g/mol. The van der Waals surface area contributed by atoms with Crippen molar-refractivity contribution >= 4 is 23.1 Å². The second kappa shape index (κ2) is 10.6. The van der Waals surface area contributed by atoms with Gasteiger partial charge in [0.25, 0.3) is 0 Å². The summed E-state index contributed by atoms with van der Waals surface area (Å²) in [6.45, 7) is 2.60. The average Bonchev–Trinajstić information content (AvgIpc) is 2.63. The lowest BCUT2D eigenvalue weighted by Crippen LogP contribution is -2.25. The van der Waals surface area contributed by atoms with Crippen molar-refractivity contribution in [2.45, 2.75) is 19.8 Å². The van der Waals surface area contributed by atoms with E-state index in [1.54, 1.807) is 11.9 Å². The summed E-state index contributed by atoms with van der Waals surface area (Å²) in [7, 11) is 1.76. The van der Waals surface area contributed by atoms with Gasteiger partial charge in [0, 0.05) is 28.3 Å². The summed E-state index contributed by atoms with van der Waals surface area (Å²) >= 11 is 6.34. The highest BCUT2D eigenvalue weighted by Gasteiger charge is 2.06. The molecule has 0 aromatic heterocycles. The van der Waals surface area contributed by atoms with Crippen LogP contribution in [0.2, 0.25) is 5.02 Å². The van der Waals surface area contributed by atoms with Gasteiger partial charge in [-0.1, -0.05) is 73.2 Å². The minimum Gasteiger partial charge on any atom is -0.480 e. The van der Waals surface area contributed by atoms with E-state index < -0.39 is 5.97 Å². The molecule has 1 N–H and O–H groups in total. The zero-order chi connectivity index (χ0) is 19.6. The van der Waals surface area contributed by atoms with E-state index in [2.05, 4.69) is 30.9 Å². The van der Waals surface area contributed by atoms with Crippen molar-refractivity contribution in [1.29, 1.82) is 0 Å². The Balaban J connectivity index is 2.28. The molecule has 0 amide bonds. The predicted molar refractivity (Wildman–Crippen MR) is 112 cm³/mol. The van der Waals surface area contributed by atoms with E-state index >= 15 is 0 Å². The molecule has 0 radical (unpaired) electrons. The molecule has 2 aromatic rings. The van der Waals surface area contributed by atoms with Crippen LogP contribution in [0.15, 0.2) is 54.6 Å². The zero-order valence-electron chi connectivity index (χ0n) is 15.7. The third-order valence-corrected chi connectivity index (χ3v) is 4.34. The van der Waals surface area contributed by atoms with Crippen molar-refractivity contribution in [3.05, 3.63) is 76.3 Å². The Labute approximate surface area is 166 Å². The molecular formula is C23H24ClNO2. The van der Waals surface area contributed by atoms with Crippen LogP contribution in [0.25, 0.3) is 5.57 Å². The quantitative estimate of drug-likeness (QED) is 0.704. The van der Waals surface area contributed by atoms with Crippen LogP contribution in [0, 0.1) is 11.8 Å². The third kappa shape index (κ3) is 6.94. The Morgan fingerprint density at radius 2 is 1.89 bits per heavy atom. The number of aryl methyl sites for hydroxylation is 1. The second-order valence-electron chi connectivity index (χ2n) is 6.39. The molecule has 0 fully saturated rings. The van der Waals surface area contributed by atoms with Crippen LogP contribution in [0.4, 0.5) is 0 Å². The van der Waals surface area contributed by atoms with Crippen molar-refractivity contribution in [2.24, 2.45) is 0 Å². The van der Waals surface area contributed by atoms with Gasteiger partial charge in [0.05, 0.1) is 6.54 Å². The number of carbonyl (C=O) groups is 1. The van der Waals surface area contributed by atoms with E-state index in [0.29, 0.717) is 11.6 Å². The van der Waals surface area contributed by atoms with Gasteiger partial charge in [-0.2, -0.15) is 0 Å². The SMILES string of the molecule is CCCc1ccc(C#C/C(=C/CN(C)CC(=O)O)c2ccccc2Cl)cc1. The summed E-state index contributed by atoms with van der Waals surface area (Å²) in [5, 5.41) is 9.53. The smallest absolute Gasteiger partial charge is 0.317 e. The molecule has 0 aliphatic carbocycles. The minimum atomic E-state index is -0.858. The number of benzene rings is 2. The van der Waals surface area contributed by atoms with Crippen LogP contribution < -0.4 is 0 Å². The minimum absolute atomic E-state index is 0.0291. The molecule has 0 aliphatic rings. The van der Waals surface area contributed by atoms with Gasteiger partial charge in [-0.3, -0.25) is 9.69 Å². The second-order valence-corrected chi connectivity index (χ2v) is 6.79. The standard InChI is InChI=1S/C23H24ClNO2/c1-3-6-18-9-11-19(12-10-18)13-14-20(15-16-25(2)17-23(26)27)21-7-4-5-8-22(21)24/h4-5,7-12,15H,3,6,16-17H2,1-2H3,(H,26,27)/b20-15-. The van der Waals surface area contributed by atoms with Gasteiger partial charge < -0.3 is 5.11 Å². The van der Waals surface area contributed by atoms with Crippen LogP contribution in [-0.2, 0) is 11.2 Å². The Bertz CT molecular complexity index is 860. The van der Waals surface area contributed by atoms with Crippen molar-refractivity contribution in [2.75, 3.05) is 20.1 Å². The highest BCUT2D eigenvalue weighted by Crippen LogP contribution is 2.23. The van der Waals surface area contributed by atoms with Crippen LogP contribution in [0.1, 0.15) is 30.0 Å². The lowest BCUT2D eigenvalue weighted by molar-refractivity contribution is -0.137. The molecule has 0 saturated carbocycles. The van der Waals surface area contributed by atoms with Crippen LogP contribution in [0.5, 0.6) is 0 Å². The Kier molecular flexibility index (Phi) is 8.13. The first-order chi connectivity index (χ1) is 13.0. The first-order valence-electron chi connectivity index (χ1n) is 8.96. The first-order valence-corrected chi connectivity index (χ1v) is 9.33. The molecule has 0 heterocycles. The molecule has 0 saturated heterocycles. The molecular weight excluding hydrogens is 358 g/mol. The number of nitrogens with zero attached hydrogens (tertiary/aromatic N) is 1. The highest BCUT2D eigenvalue weighted by atomic mass is 35.5. The molecule has 0 unspecified atom stereocenters. The number of carboxylic acid groups (broad SMARTS) is 1. The molecule has 4 heteroatoms. The number of halogens is 1. The maximum absolute atomic E-state index is 10.9. The third-order valence-electron chi connectivity index (χ3n) is 4.01. The topological polar surface area (TPSA) is 40.5 Å². The van der Waals surface area contributed by atoms with Crippen molar-refractivity contribution in [3.63, 3.8) is 0 Å². The Morgan fingerprint density at radius 1 is 1.19 bits per heavy atom. The fourth-order valence-corrected chi connectivity index (χ4v) is 2.87. The highest BCUT2D eigenvalue weighted by molar-refractivity contribution is 6.32. The lowest BCUT2D eigenvalue weighted by Gasteiger charge is -2.12. The molecule has 0 spiro atoms. The summed E-state index contributed by atoms with van der Waals surface area (Å²) in [6, 6.07) is 15.8. The lowest BCUT2D eigenvalue weighted by atomic mass is 10.0. The first kappa shape index (κ1) is 20.8. The van der Waals surface area contributed by atoms with Gasteiger partial charge >= 0.3 is 5.97 Å². The van der Waals surface area contributed by atoms with E-state index in [-0.39, 0.29) is 6.54 Å². The molecule has 2 rings (SSSR count). The number of aliphatic carboxylic acids is 1. The van der Waals surface area contributed by atoms with Gasteiger partial charge in [-0.15, -0.1) is 0 Å². The number of allylic oxidation sites excluding steroid dienone is 1. The van der Waals surface area contributed by atoms with Crippen LogP contribution in [-0.4, -0.2) is 36.1 Å². The maximum atomic E-state index is 10.9. The molecule has 27 heavy (non-hydrogen) atoms. The molecule has 0 aliphatic heterocycles. The van der Waals surface area contributed by atoms with E-state index in [4.69, 9.17) is 16.7 Å². The van der Waals surface area contributed by atoms with Gasteiger partial charge in [0.1, 0.15) is 0 Å². The largest absolute Gasteiger partial charge is 0.480 e.